The monoisotopic (exact) mass is 302 g/mol. The lowest BCUT2D eigenvalue weighted by Gasteiger charge is -2.07. The number of aromatic nitrogens is 1. The Labute approximate surface area is 123 Å². The highest BCUT2D eigenvalue weighted by Gasteiger charge is 2.10. The van der Waals surface area contributed by atoms with Crippen molar-refractivity contribution in [2.24, 2.45) is 0 Å². The van der Waals surface area contributed by atoms with Gasteiger partial charge in [0.25, 0.3) is 0 Å². The summed E-state index contributed by atoms with van der Waals surface area (Å²) in [7, 11) is -2.02. The summed E-state index contributed by atoms with van der Waals surface area (Å²) >= 11 is 0. The van der Waals surface area contributed by atoms with Gasteiger partial charge in [0.05, 0.1) is 16.8 Å². The fourth-order valence-corrected chi connectivity index (χ4v) is 2.40. The van der Waals surface area contributed by atoms with Crippen molar-refractivity contribution in [3.05, 3.63) is 53.9 Å². The van der Waals surface area contributed by atoms with Gasteiger partial charge in [-0.15, -0.1) is 0 Å². The fourth-order valence-electron chi connectivity index (χ4n) is 1.67. The van der Waals surface area contributed by atoms with Gasteiger partial charge in [0.15, 0.2) is 0 Å². The molecule has 0 amide bonds. The van der Waals surface area contributed by atoms with Crippen molar-refractivity contribution < 1.29 is 8.42 Å². The summed E-state index contributed by atoms with van der Waals surface area (Å²) < 4.78 is 25.4. The highest BCUT2D eigenvalue weighted by molar-refractivity contribution is 7.89. The van der Waals surface area contributed by atoms with Gasteiger partial charge in [0.2, 0.25) is 10.0 Å². The van der Waals surface area contributed by atoms with Crippen LogP contribution in [-0.4, -0.2) is 20.4 Å². The Morgan fingerprint density at radius 1 is 1.19 bits per heavy atom. The van der Waals surface area contributed by atoms with E-state index in [-0.39, 0.29) is 4.90 Å². The maximum Gasteiger partial charge on any atom is 0.240 e. The molecule has 2 aromatic rings. The summed E-state index contributed by atoms with van der Waals surface area (Å²) in [6, 6.07) is 12.0. The number of benzene rings is 1. The number of nitrogens with one attached hydrogen (secondary N) is 2. The Bertz CT molecular complexity index is 747. The smallest absolute Gasteiger partial charge is 0.240 e. The molecule has 1 aromatic carbocycles. The Hall–Kier alpha value is -2.43. The summed E-state index contributed by atoms with van der Waals surface area (Å²) in [5.41, 5.74) is 2.09. The Balaban J connectivity index is 2.02. The molecule has 1 aromatic heterocycles. The third-order valence-corrected chi connectivity index (χ3v) is 4.31. The van der Waals surface area contributed by atoms with E-state index in [9.17, 15) is 8.42 Å². The molecule has 0 aliphatic heterocycles. The average molecular weight is 302 g/mol. The van der Waals surface area contributed by atoms with Gasteiger partial charge in [-0.2, -0.15) is 5.26 Å². The van der Waals surface area contributed by atoms with Gasteiger partial charge in [-0.05, 0) is 36.9 Å². The third kappa shape index (κ3) is 3.78. The lowest BCUT2D eigenvalue weighted by Crippen LogP contribution is -2.18. The maximum atomic E-state index is 11.6. The maximum absolute atomic E-state index is 11.6. The van der Waals surface area contributed by atoms with Crippen LogP contribution in [0.5, 0.6) is 0 Å². The lowest BCUT2D eigenvalue weighted by atomic mass is 10.2. The number of nitriles is 1. The molecule has 0 aliphatic rings. The van der Waals surface area contributed by atoms with Gasteiger partial charge in [-0.1, -0.05) is 12.1 Å². The minimum absolute atomic E-state index is 0.230. The number of anilines is 1. The lowest BCUT2D eigenvalue weighted by molar-refractivity contribution is 0.588. The second kappa shape index (κ2) is 6.35. The van der Waals surface area contributed by atoms with Gasteiger partial charge in [-0.3, -0.25) is 0 Å². The molecule has 0 spiro atoms. The summed E-state index contributed by atoms with van der Waals surface area (Å²) in [6.07, 6.45) is 1.58. The van der Waals surface area contributed by atoms with E-state index >= 15 is 0 Å². The number of rotatable bonds is 5. The van der Waals surface area contributed by atoms with E-state index in [4.69, 9.17) is 5.26 Å². The normalized spacial score (nSPS) is 10.9. The molecule has 0 radical (unpaired) electrons. The first kappa shape index (κ1) is 15.0. The van der Waals surface area contributed by atoms with E-state index in [0.717, 1.165) is 11.3 Å². The first-order chi connectivity index (χ1) is 10.0. The zero-order valence-corrected chi connectivity index (χ0v) is 12.2. The second-order valence-electron chi connectivity index (χ2n) is 4.25. The molecule has 0 bridgehead atoms. The molecule has 7 heteroatoms. The third-order valence-electron chi connectivity index (χ3n) is 2.88. The van der Waals surface area contributed by atoms with E-state index in [1.165, 1.54) is 7.05 Å². The molecule has 1 heterocycles. The summed E-state index contributed by atoms with van der Waals surface area (Å²) in [6.45, 7) is 0.535. The van der Waals surface area contributed by atoms with Crippen LogP contribution in [0.25, 0.3) is 0 Å². The van der Waals surface area contributed by atoms with Crippen molar-refractivity contribution in [1.29, 1.82) is 5.26 Å². The quantitative estimate of drug-likeness (QED) is 0.872. The van der Waals surface area contributed by atoms with Crippen molar-refractivity contribution in [3.8, 4) is 6.07 Å². The van der Waals surface area contributed by atoms with Crippen LogP contribution < -0.4 is 10.0 Å². The molecular weight excluding hydrogens is 288 g/mol. The first-order valence-electron chi connectivity index (χ1n) is 6.17. The summed E-state index contributed by atoms with van der Waals surface area (Å²) in [4.78, 5) is 4.19. The standard InChI is InChI=1S/C14H14N4O2S/c1-16-21(19,20)14-6-2-11(3-7-14)9-17-13-5-4-12(8-15)18-10-13/h2-7,10,16-17H,9H2,1H3. The van der Waals surface area contributed by atoms with Crippen molar-refractivity contribution in [2.75, 3.05) is 12.4 Å². The molecular formula is C14H14N4O2S. The van der Waals surface area contributed by atoms with Crippen LogP contribution in [-0.2, 0) is 16.6 Å². The Morgan fingerprint density at radius 2 is 1.90 bits per heavy atom. The van der Waals surface area contributed by atoms with Crippen LogP contribution in [0.1, 0.15) is 11.3 Å². The van der Waals surface area contributed by atoms with Crippen LogP contribution in [0.4, 0.5) is 5.69 Å². The highest BCUT2D eigenvalue weighted by Crippen LogP contribution is 2.12. The van der Waals surface area contributed by atoms with Crippen LogP contribution in [0.3, 0.4) is 0 Å². The van der Waals surface area contributed by atoms with E-state index in [1.807, 2.05) is 6.07 Å². The van der Waals surface area contributed by atoms with Crippen LogP contribution in [0.15, 0.2) is 47.5 Å². The van der Waals surface area contributed by atoms with E-state index < -0.39 is 10.0 Å². The molecule has 0 fully saturated rings. The zero-order chi connectivity index (χ0) is 15.3. The number of hydrogen-bond acceptors (Lipinski definition) is 5. The first-order valence-corrected chi connectivity index (χ1v) is 7.66. The molecule has 2 N–H and O–H groups in total. The predicted octanol–water partition coefficient (Wildman–Crippen LogP) is 1.47. The summed E-state index contributed by atoms with van der Waals surface area (Å²) in [5, 5.41) is 11.8. The van der Waals surface area contributed by atoms with Crippen molar-refractivity contribution in [1.82, 2.24) is 9.71 Å². The van der Waals surface area contributed by atoms with Crippen molar-refractivity contribution in [3.63, 3.8) is 0 Å². The number of sulfonamides is 1. The number of pyridine rings is 1. The molecule has 0 saturated heterocycles. The fraction of sp³-hybridized carbons (Fsp3) is 0.143. The second-order valence-corrected chi connectivity index (χ2v) is 6.14. The van der Waals surface area contributed by atoms with Crippen LogP contribution in [0, 0.1) is 11.3 Å². The van der Waals surface area contributed by atoms with Gasteiger partial charge >= 0.3 is 0 Å². The predicted molar refractivity (Wildman–Crippen MR) is 79.0 cm³/mol. The van der Waals surface area contributed by atoms with Gasteiger partial charge in [0.1, 0.15) is 11.8 Å². The molecule has 0 unspecified atom stereocenters. The van der Waals surface area contributed by atoms with Gasteiger partial charge in [0, 0.05) is 6.54 Å². The SMILES string of the molecule is CNS(=O)(=O)c1ccc(CNc2ccc(C#N)nc2)cc1. The topological polar surface area (TPSA) is 94.9 Å². The van der Waals surface area contributed by atoms with Gasteiger partial charge < -0.3 is 5.32 Å². The highest BCUT2D eigenvalue weighted by atomic mass is 32.2. The number of hydrogen-bond donors (Lipinski definition) is 2. The van der Waals surface area contributed by atoms with E-state index in [2.05, 4.69) is 15.0 Å². The molecule has 0 aliphatic carbocycles. The molecule has 21 heavy (non-hydrogen) atoms. The van der Waals surface area contributed by atoms with Crippen molar-refractivity contribution in [2.45, 2.75) is 11.4 Å². The largest absolute Gasteiger partial charge is 0.380 e. The van der Waals surface area contributed by atoms with Crippen molar-refractivity contribution >= 4 is 15.7 Å². The summed E-state index contributed by atoms with van der Waals surface area (Å²) in [5.74, 6) is 0. The molecule has 0 atom stereocenters. The molecule has 2 rings (SSSR count). The Kier molecular flexibility index (Phi) is 4.52. The number of nitrogens with zero attached hydrogens (tertiary/aromatic N) is 2. The minimum atomic E-state index is -3.40. The van der Waals surface area contributed by atoms with E-state index in [1.54, 1.807) is 42.6 Å². The van der Waals surface area contributed by atoms with Gasteiger partial charge in [-0.25, -0.2) is 18.1 Å². The van der Waals surface area contributed by atoms with E-state index in [0.29, 0.717) is 12.2 Å². The zero-order valence-electron chi connectivity index (χ0n) is 11.4. The minimum Gasteiger partial charge on any atom is -0.380 e. The van der Waals surface area contributed by atoms with Crippen LogP contribution >= 0.6 is 0 Å². The molecule has 6 nitrogen and oxygen atoms in total. The molecule has 0 saturated carbocycles. The molecule has 108 valence electrons. The van der Waals surface area contributed by atoms with Crippen LogP contribution in [0.2, 0.25) is 0 Å². The average Bonchev–Trinajstić information content (AvgIpc) is 2.54. The Morgan fingerprint density at radius 3 is 2.43 bits per heavy atom.